The summed E-state index contributed by atoms with van der Waals surface area (Å²) in [5.41, 5.74) is 2.23. The van der Waals surface area contributed by atoms with Crippen molar-refractivity contribution in [3.05, 3.63) is 41.6 Å². The van der Waals surface area contributed by atoms with E-state index in [1.807, 2.05) is 38.1 Å². The van der Waals surface area contributed by atoms with Crippen LogP contribution in [0, 0.1) is 6.92 Å². The highest BCUT2D eigenvalue weighted by Gasteiger charge is 2.13. The molecule has 2 rings (SSSR count). The second-order valence-electron chi connectivity index (χ2n) is 5.07. The van der Waals surface area contributed by atoms with E-state index in [0.717, 1.165) is 23.0 Å². The molecule has 0 radical (unpaired) electrons. The van der Waals surface area contributed by atoms with Gasteiger partial charge in [-0.25, -0.2) is 0 Å². The normalized spacial score (nSPS) is 12.3. The van der Waals surface area contributed by atoms with Crippen molar-refractivity contribution in [3.8, 4) is 0 Å². The third-order valence-corrected chi connectivity index (χ3v) is 3.28. The van der Waals surface area contributed by atoms with Crippen molar-refractivity contribution in [3.63, 3.8) is 0 Å². The minimum atomic E-state index is -0.112. The van der Waals surface area contributed by atoms with Crippen molar-refractivity contribution in [2.75, 3.05) is 6.61 Å². The second kappa shape index (κ2) is 6.48. The molecule has 0 saturated carbocycles. The van der Waals surface area contributed by atoms with E-state index in [-0.39, 0.29) is 18.6 Å². The minimum absolute atomic E-state index is 0.0368. The third kappa shape index (κ3) is 3.33. The Morgan fingerprint density at radius 2 is 2.15 bits per heavy atom. The highest BCUT2D eigenvalue weighted by Crippen LogP contribution is 2.17. The maximum Gasteiger partial charge on any atom is 0.253 e. The molecule has 0 aliphatic heterocycles. The molecule has 1 unspecified atom stereocenters. The maximum absolute atomic E-state index is 12.3. The fourth-order valence-electron chi connectivity index (χ4n) is 2.20. The Bertz CT molecular complexity index is 610. The predicted molar refractivity (Wildman–Crippen MR) is 79.7 cm³/mol. The zero-order valence-corrected chi connectivity index (χ0v) is 11.9. The quantitative estimate of drug-likeness (QED) is 0.878. The molecule has 0 aliphatic rings. The molecule has 0 saturated heterocycles. The number of pyridine rings is 1. The summed E-state index contributed by atoms with van der Waals surface area (Å²) in [4.78, 5) is 16.8. The van der Waals surface area contributed by atoms with Gasteiger partial charge in [-0.1, -0.05) is 18.2 Å². The lowest BCUT2D eigenvalue weighted by Crippen LogP contribution is -2.32. The van der Waals surface area contributed by atoms with E-state index in [9.17, 15) is 4.79 Å². The van der Waals surface area contributed by atoms with E-state index in [1.54, 1.807) is 6.07 Å². The van der Waals surface area contributed by atoms with E-state index in [0.29, 0.717) is 12.0 Å². The summed E-state index contributed by atoms with van der Waals surface area (Å²) in [6, 6.07) is 9.57. The van der Waals surface area contributed by atoms with Crippen LogP contribution in [0.15, 0.2) is 30.3 Å². The van der Waals surface area contributed by atoms with Crippen molar-refractivity contribution >= 4 is 16.8 Å². The summed E-state index contributed by atoms with van der Waals surface area (Å²) in [7, 11) is 0. The van der Waals surface area contributed by atoms with Crippen LogP contribution in [0.5, 0.6) is 0 Å². The molecule has 1 amide bonds. The van der Waals surface area contributed by atoms with Gasteiger partial charge in [0.05, 0.1) is 11.1 Å². The van der Waals surface area contributed by atoms with Crippen LogP contribution in [0.3, 0.4) is 0 Å². The number of para-hydroxylation sites is 1. The molecule has 0 fully saturated rings. The maximum atomic E-state index is 12.3. The summed E-state index contributed by atoms with van der Waals surface area (Å²) in [5.74, 6) is -0.112. The first-order chi connectivity index (χ1) is 9.61. The van der Waals surface area contributed by atoms with Crippen LogP contribution in [-0.2, 0) is 0 Å². The van der Waals surface area contributed by atoms with Crippen LogP contribution >= 0.6 is 0 Å². The monoisotopic (exact) mass is 272 g/mol. The summed E-state index contributed by atoms with van der Waals surface area (Å²) >= 11 is 0. The van der Waals surface area contributed by atoms with E-state index in [1.165, 1.54) is 0 Å². The van der Waals surface area contributed by atoms with Crippen LogP contribution in [0.4, 0.5) is 0 Å². The van der Waals surface area contributed by atoms with Gasteiger partial charge in [0.2, 0.25) is 0 Å². The standard InChI is InChI=1S/C16H20N2O2/c1-11(5-4-10-19)18-16(20)14-7-3-6-13-9-8-12(2)17-15(13)14/h3,6-9,11,19H,4-5,10H2,1-2H3,(H,18,20). The molecule has 1 atom stereocenters. The first kappa shape index (κ1) is 14.5. The number of fused-ring (bicyclic) bond motifs is 1. The number of amides is 1. The average Bonchev–Trinajstić information content (AvgIpc) is 2.44. The molecule has 2 aromatic rings. The molecule has 4 nitrogen and oxygen atoms in total. The Kier molecular flexibility index (Phi) is 4.69. The molecule has 106 valence electrons. The molecular formula is C16H20N2O2. The lowest BCUT2D eigenvalue weighted by Gasteiger charge is -2.14. The number of aromatic nitrogens is 1. The number of aliphatic hydroxyl groups is 1. The zero-order chi connectivity index (χ0) is 14.5. The van der Waals surface area contributed by atoms with Gasteiger partial charge in [0.25, 0.3) is 5.91 Å². The summed E-state index contributed by atoms with van der Waals surface area (Å²) in [6.07, 6.45) is 1.45. The number of hydrogen-bond donors (Lipinski definition) is 2. The van der Waals surface area contributed by atoms with Crippen molar-refractivity contribution in [2.45, 2.75) is 32.7 Å². The van der Waals surface area contributed by atoms with Gasteiger partial charge >= 0.3 is 0 Å². The molecule has 20 heavy (non-hydrogen) atoms. The number of carbonyl (C=O) groups is 1. The molecule has 0 aliphatic carbocycles. The van der Waals surface area contributed by atoms with Crippen LogP contribution < -0.4 is 5.32 Å². The van der Waals surface area contributed by atoms with Crippen LogP contribution in [0.25, 0.3) is 10.9 Å². The number of nitrogens with one attached hydrogen (secondary N) is 1. The number of aliphatic hydroxyl groups excluding tert-OH is 1. The van der Waals surface area contributed by atoms with Crippen molar-refractivity contribution in [1.82, 2.24) is 10.3 Å². The molecule has 0 bridgehead atoms. The highest BCUT2D eigenvalue weighted by molar-refractivity contribution is 6.05. The van der Waals surface area contributed by atoms with Gasteiger partial charge in [-0.05, 0) is 38.8 Å². The molecular weight excluding hydrogens is 252 g/mol. The van der Waals surface area contributed by atoms with E-state index in [2.05, 4.69) is 10.3 Å². The zero-order valence-electron chi connectivity index (χ0n) is 11.9. The topological polar surface area (TPSA) is 62.2 Å². The Morgan fingerprint density at radius 3 is 2.90 bits per heavy atom. The van der Waals surface area contributed by atoms with Gasteiger partial charge in [-0.15, -0.1) is 0 Å². The van der Waals surface area contributed by atoms with Crippen LogP contribution in [0.2, 0.25) is 0 Å². The first-order valence-electron chi connectivity index (χ1n) is 6.90. The van der Waals surface area contributed by atoms with E-state index in [4.69, 9.17) is 5.11 Å². The number of benzene rings is 1. The lowest BCUT2D eigenvalue weighted by atomic mass is 10.1. The van der Waals surface area contributed by atoms with Gasteiger partial charge in [-0.3, -0.25) is 9.78 Å². The van der Waals surface area contributed by atoms with Crippen molar-refractivity contribution in [1.29, 1.82) is 0 Å². The molecule has 1 heterocycles. The number of hydrogen-bond acceptors (Lipinski definition) is 3. The first-order valence-corrected chi connectivity index (χ1v) is 6.90. The van der Waals surface area contributed by atoms with Crippen molar-refractivity contribution in [2.24, 2.45) is 0 Å². The van der Waals surface area contributed by atoms with Crippen LogP contribution in [-0.4, -0.2) is 28.6 Å². The Balaban J connectivity index is 2.23. The van der Waals surface area contributed by atoms with Gasteiger partial charge in [0.1, 0.15) is 0 Å². The lowest BCUT2D eigenvalue weighted by molar-refractivity contribution is 0.0938. The highest BCUT2D eigenvalue weighted by atomic mass is 16.3. The Morgan fingerprint density at radius 1 is 1.35 bits per heavy atom. The van der Waals surface area contributed by atoms with E-state index < -0.39 is 0 Å². The van der Waals surface area contributed by atoms with E-state index >= 15 is 0 Å². The fourth-order valence-corrected chi connectivity index (χ4v) is 2.20. The SMILES string of the molecule is Cc1ccc2cccc(C(=O)NC(C)CCCO)c2n1. The summed E-state index contributed by atoms with van der Waals surface area (Å²) in [6.45, 7) is 4.00. The Labute approximate surface area is 118 Å². The van der Waals surface area contributed by atoms with Crippen LogP contribution in [0.1, 0.15) is 35.8 Å². The number of carbonyl (C=O) groups excluding carboxylic acids is 1. The number of aryl methyl sites for hydroxylation is 1. The fraction of sp³-hybridized carbons (Fsp3) is 0.375. The largest absolute Gasteiger partial charge is 0.396 e. The number of nitrogens with zero attached hydrogens (tertiary/aromatic N) is 1. The van der Waals surface area contributed by atoms with Gasteiger partial charge in [0.15, 0.2) is 0 Å². The third-order valence-electron chi connectivity index (χ3n) is 3.28. The van der Waals surface area contributed by atoms with Crippen molar-refractivity contribution < 1.29 is 9.90 Å². The van der Waals surface area contributed by atoms with Gasteiger partial charge < -0.3 is 10.4 Å². The van der Waals surface area contributed by atoms with Gasteiger partial charge in [-0.2, -0.15) is 0 Å². The summed E-state index contributed by atoms with van der Waals surface area (Å²) in [5, 5.41) is 12.7. The molecule has 2 N–H and O–H groups in total. The summed E-state index contributed by atoms with van der Waals surface area (Å²) < 4.78 is 0. The predicted octanol–water partition coefficient (Wildman–Crippen LogP) is 2.43. The Hall–Kier alpha value is -1.94. The minimum Gasteiger partial charge on any atom is -0.396 e. The van der Waals surface area contributed by atoms with Gasteiger partial charge in [0, 0.05) is 23.7 Å². The molecule has 4 heteroatoms. The molecule has 1 aromatic carbocycles. The second-order valence-corrected chi connectivity index (χ2v) is 5.07. The molecule has 0 spiro atoms. The average molecular weight is 272 g/mol. The number of rotatable bonds is 5. The molecule has 1 aromatic heterocycles. The smallest absolute Gasteiger partial charge is 0.253 e.